The first-order chi connectivity index (χ1) is 13.1. The van der Waals surface area contributed by atoms with Gasteiger partial charge in [0.25, 0.3) is 0 Å². The van der Waals surface area contributed by atoms with Crippen LogP contribution in [0.1, 0.15) is 5.56 Å². The monoisotopic (exact) mass is 378 g/mol. The number of hydrogen-bond acceptors (Lipinski definition) is 4. The van der Waals surface area contributed by atoms with Gasteiger partial charge in [0, 0.05) is 28.2 Å². The molecule has 27 heavy (non-hydrogen) atoms. The molecule has 0 aliphatic carbocycles. The smallest absolute Gasteiger partial charge is 0.119 e. The van der Waals surface area contributed by atoms with E-state index in [1.54, 1.807) is 30.6 Å². The molecule has 2 aromatic heterocycles. The van der Waals surface area contributed by atoms with Crippen LogP contribution in [0.25, 0.3) is 22.2 Å². The predicted molar refractivity (Wildman–Crippen MR) is 109 cm³/mol. The molecule has 0 aliphatic heterocycles. The van der Waals surface area contributed by atoms with Crippen LogP contribution in [-0.2, 0) is 6.54 Å². The lowest BCUT2D eigenvalue weighted by molar-refractivity contribution is 0.298. The van der Waals surface area contributed by atoms with E-state index < -0.39 is 0 Å². The summed E-state index contributed by atoms with van der Waals surface area (Å²) in [4.78, 5) is 7.94. The molecule has 136 valence electrons. The number of phenolic OH excluding ortho intramolecular Hbond substituents is 1. The number of fused-ring (bicyclic) bond motifs is 1. The van der Waals surface area contributed by atoms with E-state index in [-0.39, 0.29) is 5.75 Å². The van der Waals surface area contributed by atoms with Crippen LogP contribution in [0, 0.1) is 0 Å². The zero-order chi connectivity index (χ0) is 18.8. The molecule has 0 aliphatic rings. The van der Waals surface area contributed by atoms with E-state index in [0.29, 0.717) is 23.9 Å². The number of hydrogen-bond donors (Lipinski definition) is 3. The molecular weight excluding hydrogens is 360 g/mol. The number of aromatic hydroxyl groups is 1. The maximum atomic E-state index is 9.33. The average molecular weight is 378 g/mol. The number of ether oxygens (including phenoxy) is 1. The maximum Gasteiger partial charge on any atom is 0.119 e. The van der Waals surface area contributed by atoms with E-state index in [1.807, 2.05) is 35.2 Å². The highest BCUT2D eigenvalue weighted by Crippen LogP contribution is 2.29. The molecule has 0 amide bonds. The number of nitrogens with two attached hydrogens (primary N) is 1. The van der Waals surface area contributed by atoms with E-state index in [9.17, 15) is 5.11 Å². The van der Waals surface area contributed by atoms with Gasteiger partial charge in [-0.15, -0.1) is 0 Å². The lowest BCUT2D eigenvalue weighted by Crippen LogP contribution is -2.09. The van der Waals surface area contributed by atoms with Crippen molar-refractivity contribution < 1.29 is 9.84 Å². The van der Waals surface area contributed by atoms with Gasteiger partial charge in [-0.2, -0.15) is 0 Å². The van der Waals surface area contributed by atoms with Gasteiger partial charge >= 0.3 is 0 Å². The van der Waals surface area contributed by atoms with Crippen LogP contribution in [0.5, 0.6) is 11.5 Å². The number of rotatable bonds is 6. The molecule has 4 N–H and O–H groups in total. The van der Waals surface area contributed by atoms with E-state index in [4.69, 9.17) is 22.7 Å². The quantitative estimate of drug-likeness (QED) is 0.447. The highest BCUT2D eigenvalue weighted by molar-refractivity contribution is 7.80. The highest BCUT2D eigenvalue weighted by Gasteiger charge is 2.12. The lowest BCUT2D eigenvalue weighted by Gasteiger charge is -2.10. The topological polar surface area (TPSA) is 89.1 Å². The molecule has 4 aromatic rings. The van der Waals surface area contributed by atoms with Gasteiger partial charge in [0.1, 0.15) is 23.1 Å². The molecule has 0 fully saturated rings. The molecule has 2 heterocycles. The summed E-state index contributed by atoms with van der Waals surface area (Å²) in [5.41, 5.74) is 9.63. The number of aromatic amines is 1. The predicted octanol–water partition coefficient (Wildman–Crippen LogP) is 3.45. The van der Waals surface area contributed by atoms with Gasteiger partial charge in [0.05, 0.1) is 24.8 Å². The van der Waals surface area contributed by atoms with E-state index in [1.165, 1.54) is 0 Å². The fourth-order valence-corrected chi connectivity index (χ4v) is 3.14. The SMILES string of the molecule is NC(=S)c1ccc2[nH]cc(-c3cncn3CCOc3ccc(O)cc3)c2c1. The van der Waals surface area contributed by atoms with Crippen molar-refractivity contribution in [3.63, 3.8) is 0 Å². The second kappa shape index (κ2) is 7.13. The van der Waals surface area contributed by atoms with Crippen LogP contribution >= 0.6 is 12.2 Å². The molecule has 0 spiro atoms. The third-order valence-corrected chi connectivity index (χ3v) is 4.63. The fourth-order valence-electron chi connectivity index (χ4n) is 3.01. The van der Waals surface area contributed by atoms with Crippen LogP contribution < -0.4 is 10.5 Å². The maximum absolute atomic E-state index is 9.33. The third kappa shape index (κ3) is 3.50. The largest absolute Gasteiger partial charge is 0.508 e. The Hall–Kier alpha value is -3.32. The van der Waals surface area contributed by atoms with E-state index >= 15 is 0 Å². The summed E-state index contributed by atoms with van der Waals surface area (Å²) in [5.74, 6) is 0.928. The number of thiocarbonyl (C=S) groups is 1. The normalized spacial score (nSPS) is 11.0. The molecule has 7 heteroatoms. The fraction of sp³-hybridized carbons (Fsp3) is 0.100. The Morgan fingerprint density at radius 1 is 1.22 bits per heavy atom. The summed E-state index contributed by atoms with van der Waals surface area (Å²) in [6.07, 6.45) is 5.57. The Bertz CT molecular complexity index is 1100. The van der Waals surface area contributed by atoms with Gasteiger partial charge in [-0.3, -0.25) is 0 Å². The molecule has 0 atom stereocenters. The van der Waals surface area contributed by atoms with Crippen molar-refractivity contribution in [2.24, 2.45) is 5.73 Å². The molecule has 0 unspecified atom stereocenters. The number of phenols is 1. The van der Waals surface area contributed by atoms with Gasteiger partial charge in [-0.25, -0.2) is 4.98 Å². The minimum absolute atomic E-state index is 0.218. The number of aromatic nitrogens is 3. The molecule has 0 bridgehead atoms. The first-order valence-corrected chi connectivity index (χ1v) is 8.86. The van der Waals surface area contributed by atoms with Crippen molar-refractivity contribution in [2.75, 3.05) is 6.61 Å². The van der Waals surface area contributed by atoms with Crippen molar-refractivity contribution >= 4 is 28.1 Å². The summed E-state index contributed by atoms with van der Waals surface area (Å²) in [6, 6.07) is 12.6. The summed E-state index contributed by atoms with van der Waals surface area (Å²) >= 11 is 5.10. The Morgan fingerprint density at radius 3 is 2.81 bits per heavy atom. The van der Waals surface area contributed by atoms with Gasteiger partial charge < -0.3 is 25.1 Å². The summed E-state index contributed by atoms with van der Waals surface area (Å²) in [7, 11) is 0. The molecule has 0 saturated heterocycles. The van der Waals surface area contributed by atoms with Gasteiger partial charge in [0.15, 0.2) is 0 Å². The van der Waals surface area contributed by atoms with Crippen LogP contribution in [0.2, 0.25) is 0 Å². The summed E-state index contributed by atoms with van der Waals surface area (Å²) < 4.78 is 7.78. The number of imidazole rings is 1. The number of nitrogens with zero attached hydrogens (tertiary/aromatic N) is 2. The van der Waals surface area contributed by atoms with Crippen molar-refractivity contribution in [1.82, 2.24) is 14.5 Å². The first-order valence-electron chi connectivity index (χ1n) is 8.45. The molecule has 2 aromatic carbocycles. The molecule has 0 saturated carbocycles. The Kier molecular flexibility index (Phi) is 4.52. The van der Waals surface area contributed by atoms with Crippen molar-refractivity contribution in [3.05, 3.63) is 66.7 Å². The minimum Gasteiger partial charge on any atom is -0.508 e. The van der Waals surface area contributed by atoms with Crippen molar-refractivity contribution in [1.29, 1.82) is 0 Å². The van der Waals surface area contributed by atoms with Crippen molar-refractivity contribution in [3.8, 4) is 22.8 Å². The van der Waals surface area contributed by atoms with E-state index in [2.05, 4.69) is 9.97 Å². The van der Waals surface area contributed by atoms with Crippen molar-refractivity contribution in [2.45, 2.75) is 6.54 Å². The third-order valence-electron chi connectivity index (χ3n) is 4.39. The molecule has 6 nitrogen and oxygen atoms in total. The van der Waals surface area contributed by atoms with Crippen LogP contribution in [0.15, 0.2) is 61.2 Å². The number of benzene rings is 2. The first kappa shape index (κ1) is 17.1. The second-order valence-electron chi connectivity index (χ2n) is 6.14. The zero-order valence-electron chi connectivity index (χ0n) is 14.4. The molecular formula is C20H18N4O2S. The van der Waals surface area contributed by atoms with E-state index in [0.717, 1.165) is 27.7 Å². The summed E-state index contributed by atoms with van der Waals surface area (Å²) in [6.45, 7) is 1.12. The lowest BCUT2D eigenvalue weighted by atomic mass is 10.1. The highest BCUT2D eigenvalue weighted by atomic mass is 32.1. The second-order valence-corrected chi connectivity index (χ2v) is 6.58. The summed E-state index contributed by atoms with van der Waals surface area (Å²) in [5, 5.41) is 10.4. The zero-order valence-corrected chi connectivity index (χ0v) is 15.2. The number of H-pyrrole nitrogens is 1. The number of nitrogens with one attached hydrogen (secondary N) is 1. The standard InChI is InChI=1S/C20H18N4O2S/c21-20(27)13-1-6-18-16(9-13)17(10-23-18)19-11-22-12-24(19)7-8-26-15-4-2-14(25)3-5-15/h1-6,9-12,23,25H,7-8H2,(H2,21,27). The van der Waals surface area contributed by atoms with Gasteiger partial charge in [-0.05, 0) is 42.5 Å². The van der Waals surface area contributed by atoms with Crippen LogP contribution in [0.4, 0.5) is 0 Å². The Morgan fingerprint density at radius 2 is 2.04 bits per heavy atom. The van der Waals surface area contributed by atoms with Crippen LogP contribution in [-0.4, -0.2) is 31.2 Å². The van der Waals surface area contributed by atoms with Gasteiger partial charge in [-0.1, -0.05) is 12.2 Å². The van der Waals surface area contributed by atoms with Gasteiger partial charge in [0.2, 0.25) is 0 Å². The average Bonchev–Trinajstić information content (AvgIpc) is 3.29. The molecule has 0 radical (unpaired) electrons. The Balaban J connectivity index is 1.56. The minimum atomic E-state index is 0.218. The van der Waals surface area contributed by atoms with Crippen LogP contribution in [0.3, 0.4) is 0 Å². The molecule has 4 rings (SSSR count). The Labute approximate surface area is 161 Å².